The predicted octanol–water partition coefficient (Wildman–Crippen LogP) is 0.857. The monoisotopic (exact) mass is 251 g/mol. The van der Waals surface area contributed by atoms with Crippen LogP contribution in [0.3, 0.4) is 0 Å². The largest absolute Gasteiger partial charge is 0.464 e. The minimum absolute atomic E-state index is 0.0891. The third-order valence-electron chi connectivity index (χ3n) is 2.64. The van der Waals surface area contributed by atoms with Gasteiger partial charge in [0, 0.05) is 13.6 Å². The Morgan fingerprint density at radius 3 is 2.25 bits per heavy atom. The van der Waals surface area contributed by atoms with Crippen LogP contribution in [0.15, 0.2) is 0 Å². The second kappa shape index (κ2) is 5.63. The molecule has 0 spiro atoms. The highest BCUT2D eigenvalue weighted by Crippen LogP contribution is 2.21. The molecule has 0 aliphatic rings. The van der Waals surface area contributed by atoms with Gasteiger partial charge in [-0.3, -0.25) is 4.79 Å². The van der Waals surface area contributed by atoms with E-state index in [-0.39, 0.29) is 19.1 Å². The third kappa shape index (κ3) is 4.94. The number of hydrogen-bond donors (Lipinski definition) is 0. The van der Waals surface area contributed by atoms with Gasteiger partial charge in [0.1, 0.15) is 6.61 Å². The van der Waals surface area contributed by atoms with Crippen LogP contribution in [0.5, 0.6) is 0 Å². The average molecular weight is 251 g/mol. The van der Waals surface area contributed by atoms with Gasteiger partial charge in [-0.2, -0.15) is 0 Å². The summed E-state index contributed by atoms with van der Waals surface area (Å²) < 4.78 is 28.3. The summed E-state index contributed by atoms with van der Waals surface area (Å²) in [6, 6.07) is 0. The summed E-state index contributed by atoms with van der Waals surface area (Å²) in [7, 11) is -1.75. The molecule has 0 aliphatic carbocycles. The fourth-order valence-electron chi connectivity index (χ4n) is 0.772. The molecule has 0 atom stereocenters. The van der Waals surface area contributed by atoms with Crippen molar-refractivity contribution in [3.63, 3.8) is 0 Å². The zero-order valence-corrected chi connectivity index (χ0v) is 11.4. The van der Waals surface area contributed by atoms with Crippen molar-refractivity contribution in [2.75, 3.05) is 26.5 Å². The molecule has 0 amide bonds. The lowest BCUT2D eigenvalue weighted by Gasteiger charge is -2.21. The Morgan fingerprint density at radius 2 is 1.88 bits per heavy atom. The minimum atomic E-state index is -3.20. The summed E-state index contributed by atoms with van der Waals surface area (Å²) in [5.74, 6) is -0.295. The molecule has 0 aromatic carbocycles. The molecule has 0 rings (SSSR count). The molecule has 16 heavy (non-hydrogen) atoms. The van der Waals surface area contributed by atoms with Crippen molar-refractivity contribution < 1.29 is 17.9 Å². The van der Waals surface area contributed by atoms with Gasteiger partial charge in [-0.05, 0) is 20.3 Å². The summed E-state index contributed by atoms with van der Waals surface area (Å²) >= 11 is 0. The van der Waals surface area contributed by atoms with E-state index in [2.05, 4.69) is 0 Å². The van der Waals surface area contributed by atoms with Gasteiger partial charge in [0.25, 0.3) is 0 Å². The minimum Gasteiger partial charge on any atom is -0.464 e. The van der Waals surface area contributed by atoms with Crippen LogP contribution in [-0.4, -0.2) is 45.1 Å². The van der Waals surface area contributed by atoms with Crippen LogP contribution in [-0.2, 0) is 19.6 Å². The van der Waals surface area contributed by atoms with E-state index in [0.29, 0.717) is 6.42 Å². The van der Waals surface area contributed by atoms with Gasteiger partial charge in [-0.15, -0.1) is 0 Å². The second-order valence-corrected chi connectivity index (χ2v) is 6.55. The summed E-state index contributed by atoms with van der Waals surface area (Å²) in [5.41, 5.74) is -0.510. The molecule has 0 aromatic rings. The zero-order chi connectivity index (χ0) is 13.0. The average Bonchev–Trinajstić information content (AvgIpc) is 2.15. The van der Waals surface area contributed by atoms with Crippen molar-refractivity contribution in [2.24, 2.45) is 5.41 Å². The molecular formula is C10H21NO4S. The van der Waals surface area contributed by atoms with E-state index in [4.69, 9.17) is 4.74 Å². The third-order valence-corrected chi connectivity index (χ3v) is 3.96. The molecule has 5 nitrogen and oxygen atoms in total. The topological polar surface area (TPSA) is 63.7 Å². The maximum absolute atomic E-state index is 11.5. The lowest BCUT2D eigenvalue weighted by molar-refractivity contribution is -0.154. The molecule has 0 saturated carbocycles. The number of carbonyl (C=O) groups excluding carboxylic acids is 1. The summed E-state index contributed by atoms with van der Waals surface area (Å²) in [6.07, 6.45) is 1.80. The van der Waals surface area contributed by atoms with Crippen molar-refractivity contribution in [1.29, 1.82) is 0 Å². The molecule has 0 N–H and O–H groups in total. The number of nitrogens with zero attached hydrogens (tertiary/aromatic N) is 1. The van der Waals surface area contributed by atoms with Gasteiger partial charge in [0.05, 0.1) is 11.7 Å². The van der Waals surface area contributed by atoms with E-state index in [1.165, 1.54) is 7.05 Å². The molecular weight excluding hydrogens is 230 g/mol. The quantitative estimate of drug-likeness (QED) is 0.657. The fourth-order valence-corrected chi connectivity index (χ4v) is 1.18. The summed E-state index contributed by atoms with van der Waals surface area (Å²) in [6.45, 7) is 5.78. The first kappa shape index (κ1) is 15.4. The Morgan fingerprint density at radius 1 is 1.38 bits per heavy atom. The molecule has 0 radical (unpaired) electrons. The van der Waals surface area contributed by atoms with E-state index in [1.54, 1.807) is 13.8 Å². The highest BCUT2D eigenvalue weighted by Gasteiger charge is 2.27. The Kier molecular flexibility index (Phi) is 5.41. The number of ether oxygens (including phenoxy) is 1. The van der Waals surface area contributed by atoms with E-state index in [0.717, 1.165) is 10.6 Å². The van der Waals surface area contributed by atoms with Gasteiger partial charge in [-0.1, -0.05) is 6.92 Å². The molecule has 0 heterocycles. The van der Waals surface area contributed by atoms with Crippen molar-refractivity contribution >= 4 is 16.0 Å². The number of carbonyl (C=O) groups is 1. The van der Waals surface area contributed by atoms with Crippen molar-refractivity contribution in [3.8, 4) is 0 Å². The van der Waals surface area contributed by atoms with Crippen LogP contribution in [0.2, 0.25) is 0 Å². The first-order valence-corrected chi connectivity index (χ1v) is 7.04. The highest BCUT2D eigenvalue weighted by atomic mass is 32.2. The van der Waals surface area contributed by atoms with Gasteiger partial charge in [-0.25, -0.2) is 12.7 Å². The number of esters is 1. The fraction of sp³-hybridized carbons (Fsp3) is 0.900. The van der Waals surface area contributed by atoms with Gasteiger partial charge < -0.3 is 4.74 Å². The van der Waals surface area contributed by atoms with E-state index < -0.39 is 15.4 Å². The highest BCUT2D eigenvalue weighted by molar-refractivity contribution is 7.88. The second-order valence-electron chi connectivity index (χ2n) is 4.46. The van der Waals surface area contributed by atoms with Crippen LogP contribution in [0, 0.1) is 5.41 Å². The normalized spacial score (nSPS) is 12.9. The molecule has 0 aromatic heterocycles. The molecule has 0 unspecified atom stereocenters. The van der Waals surface area contributed by atoms with Gasteiger partial charge >= 0.3 is 5.97 Å². The molecule has 6 heteroatoms. The summed E-state index contributed by atoms with van der Waals surface area (Å²) in [5, 5.41) is 0. The predicted molar refractivity (Wildman–Crippen MR) is 62.5 cm³/mol. The van der Waals surface area contributed by atoms with Crippen molar-refractivity contribution in [1.82, 2.24) is 4.31 Å². The first-order chi connectivity index (χ1) is 7.11. The first-order valence-electron chi connectivity index (χ1n) is 5.20. The Hall–Kier alpha value is -0.620. The Bertz CT molecular complexity index is 335. The zero-order valence-electron chi connectivity index (χ0n) is 10.6. The lowest BCUT2D eigenvalue weighted by Crippen LogP contribution is -2.32. The lowest BCUT2D eigenvalue weighted by atomic mass is 9.91. The van der Waals surface area contributed by atoms with E-state index >= 15 is 0 Å². The molecule has 0 aliphatic heterocycles. The number of hydrogen-bond acceptors (Lipinski definition) is 4. The number of sulfonamides is 1. The van der Waals surface area contributed by atoms with Crippen LogP contribution in [0.1, 0.15) is 27.2 Å². The van der Waals surface area contributed by atoms with Gasteiger partial charge in [0.2, 0.25) is 10.0 Å². The van der Waals surface area contributed by atoms with Crippen molar-refractivity contribution in [2.45, 2.75) is 27.2 Å². The molecule has 96 valence electrons. The SMILES string of the molecule is CCC(C)(C)C(=O)OCCN(C)S(C)(=O)=O. The van der Waals surface area contributed by atoms with Crippen LogP contribution in [0.4, 0.5) is 0 Å². The van der Waals surface area contributed by atoms with Gasteiger partial charge in [0.15, 0.2) is 0 Å². The number of rotatable bonds is 6. The maximum atomic E-state index is 11.5. The standard InChI is InChI=1S/C10H21NO4S/c1-6-10(2,3)9(12)15-8-7-11(4)16(5,13)14/h6-8H2,1-5H3. The molecule has 0 bridgehead atoms. The Labute approximate surface area is 97.8 Å². The van der Waals surface area contributed by atoms with E-state index in [1.807, 2.05) is 6.92 Å². The maximum Gasteiger partial charge on any atom is 0.311 e. The number of likely N-dealkylation sites (N-methyl/N-ethyl adjacent to an activating group) is 1. The van der Waals surface area contributed by atoms with Crippen LogP contribution < -0.4 is 0 Å². The molecule has 0 saturated heterocycles. The Balaban J connectivity index is 4.06. The smallest absolute Gasteiger partial charge is 0.311 e. The summed E-state index contributed by atoms with van der Waals surface area (Å²) in [4.78, 5) is 11.5. The van der Waals surface area contributed by atoms with Crippen LogP contribution >= 0.6 is 0 Å². The van der Waals surface area contributed by atoms with E-state index in [9.17, 15) is 13.2 Å². The van der Waals surface area contributed by atoms with Crippen LogP contribution in [0.25, 0.3) is 0 Å². The van der Waals surface area contributed by atoms with Crippen molar-refractivity contribution in [3.05, 3.63) is 0 Å². The molecule has 0 fully saturated rings.